The van der Waals surface area contributed by atoms with Crippen LogP contribution in [0.15, 0.2) is 54.7 Å². The van der Waals surface area contributed by atoms with Crippen molar-refractivity contribution < 1.29 is 18.0 Å². The number of alkyl halides is 3. The maximum atomic E-state index is 12.5. The first-order chi connectivity index (χ1) is 10.4. The van der Waals surface area contributed by atoms with Crippen molar-refractivity contribution in [2.75, 3.05) is 5.32 Å². The fraction of sp³-hybridized carbons (Fsp3) is 0.0625. The van der Waals surface area contributed by atoms with E-state index >= 15 is 0 Å². The van der Waals surface area contributed by atoms with Crippen molar-refractivity contribution >= 4 is 22.5 Å². The average Bonchev–Trinajstić information content (AvgIpc) is 2.94. The Morgan fingerprint density at radius 3 is 2.41 bits per heavy atom. The van der Waals surface area contributed by atoms with E-state index in [-0.39, 0.29) is 5.56 Å². The average molecular weight is 304 g/mol. The first-order valence-corrected chi connectivity index (χ1v) is 6.49. The first-order valence-electron chi connectivity index (χ1n) is 6.49. The standard InChI is InChI=1S/C16H11F3N2O/c17-16(18,19)12-4-1-11(2-5-12)15(22)21-13-6-3-10-7-8-20-14(10)9-13/h1-9,20H,(H,21,22). The van der Waals surface area contributed by atoms with E-state index < -0.39 is 17.6 Å². The minimum Gasteiger partial charge on any atom is -0.361 e. The van der Waals surface area contributed by atoms with Crippen LogP contribution in [0.1, 0.15) is 15.9 Å². The number of hydrogen-bond acceptors (Lipinski definition) is 1. The third-order valence-corrected chi connectivity index (χ3v) is 3.29. The molecule has 1 heterocycles. The molecule has 0 aliphatic rings. The summed E-state index contributed by atoms with van der Waals surface area (Å²) in [7, 11) is 0. The number of amides is 1. The number of halogens is 3. The first kappa shape index (κ1) is 14.2. The molecule has 3 aromatic rings. The highest BCUT2D eigenvalue weighted by Gasteiger charge is 2.30. The molecule has 3 nitrogen and oxygen atoms in total. The summed E-state index contributed by atoms with van der Waals surface area (Å²) < 4.78 is 37.4. The second-order valence-corrected chi connectivity index (χ2v) is 4.81. The molecule has 0 spiro atoms. The summed E-state index contributed by atoms with van der Waals surface area (Å²) in [5.74, 6) is -0.459. The van der Waals surface area contributed by atoms with Gasteiger partial charge in [-0.05, 0) is 47.9 Å². The van der Waals surface area contributed by atoms with Crippen LogP contribution in [0.3, 0.4) is 0 Å². The third kappa shape index (κ3) is 2.81. The number of hydrogen-bond donors (Lipinski definition) is 2. The molecule has 3 rings (SSSR count). The zero-order valence-electron chi connectivity index (χ0n) is 11.2. The molecule has 0 unspecified atom stereocenters. The number of aromatic nitrogens is 1. The van der Waals surface area contributed by atoms with Crippen molar-refractivity contribution in [3.05, 3.63) is 65.9 Å². The largest absolute Gasteiger partial charge is 0.416 e. The zero-order valence-corrected chi connectivity index (χ0v) is 11.2. The Morgan fingerprint density at radius 1 is 1.00 bits per heavy atom. The molecule has 6 heteroatoms. The summed E-state index contributed by atoms with van der Waals surface area (Å²) in [5.41, 5.74) is 0.821. The highest BCUT2D eigenvalue weighted by atomic mass is 19.4. The van der Waals surface area contributed by atoms with Gasteiger partial charge < -0.3 is 10.3 Å². The van der Waals surface area contributed by atoms with E-state index in [4.69, 9.17) is 0 Å². The molecule has 1 amide bonds. The van der Waals surface area contributed by atoms with Gasteiger partial charge in [0.1, 0.15) is 0 Å². The van der Waals surface area contributed by atoms with Crippen LogP contribution < -0.4 is 5.32 Å². The van der Waals surface area contributed by atoms with Gasteiger partial charge >= 0.3 is 6.18 Å². The van der Waals surface area contributed by atoms with Crippen molar-refractivity contribution in [2.24, 2.45) is 0 Å². The fourth-order valence-corrected chi connectivity index (χ4v) is 2.14. The van der Waals surface area contributed by atoms with Crippen LogP contribution >= 0.6 is 0 Å². The molecule has 2 aromatic carbocycles. The van der Waals surface area contributed by atoms with E-state index in [1.165, 1.54) is 0 Å². The monoisotopic (exact) mass is 304 g/mol. The van der Waals surface area contributed by atoms with E-state index in [0.29, 0.717) is 5.69 Å². The Bertz CT molecular complexity index is 819. The summed E-state index contributed by atoms with van der Waals surface area (Å²) in [6.07, 6.45) is -2.63. The molecule has 0 saturated carbocycles. The van der Waals surface area contributed by atoms with Gasteiger partial charge in [-0.2, -0.15) is 13.2 Å². The molecule has 2 N–H and O–H groups in total. The van der Waals surface area contributed by atoms with Gasteiger partial charge in [0.2, 0.25) is 0 Å². The Labute approximate surface area is 123 Å². The van der Waals surface area contributed by atoms with Crippen LogP contribution in [-0.2, 0) is 6.18 Å². The highest BCUT2D eigenvalue weighted by molar-refractivity contribution is 6.05. The lowest BCUT2D eigenvalue weighted by molar-refractivity contribution is -0.137. The van der Waals surface area contributed by atoms with Crippen LogP contribution in [-0.4, -0.2) is 10.9 Å². The zero-order chi connectivity index (χ0) is 15.7. The topological polar surface area (TPSA) is 44.9 Å². The van der Waals surface area contributed by atoms with Gasteiger partial charge in [-0.3, -0.25) is 4.79 Å². The molecular formula is C16H11F3N2O. The van der Waals surface area contributed by atoms with E-state index in [9.17, 15) is 18.0 Å². The second kappa shape index (κ2) is 5.22. The van der Waals surface area contributed by atoms with E-state index in [2.05, 4.69) is 10.3 Å². The summed E-state index contributed by atoms with van der Waals surface area (Å²) in [6, 6.07) is 11.3. The van der Waals surface area contributed by atoms with Crippen LogP contribution in [0.25, 0.3) is 10.9 Å². The second-order valence-electron chi connectivity index (χ2n) is 4.81. The number of H-pyrrole nitrogens is 1. The van der Waals surface area contributed by atoms with Gasteiger partial charge in [0.25, 0.3) is 5.91 Å². The molecule has 0 radical (unpaired) electrons. The number of carbonyl (C=O) groups is 1. The van der Waals surface area contributed by atoms with Crippen LogP contribution in [0.4, 0.5) is 18.9 Å². The molecular weight excluding hydrogens is 293 g/mol. The Morgan fingerprint density at radius 2 is 1.73 bits per heavy atom. The molecule has 0 fully saturated rings. The van der Waals surface area contributed by atoms with Crippen LogP contribution in [0, 0.1) is 0 Å². The van der Waals surface area contributed by atoms with Crippen molar-refractivity contribution in [3.8, 4) is 0 Å². The van der Waals surface area contributed by atoms with Gasteiger partial charge in [-0.15, -0.1) is 0 Å². The molecule has 112 valence electrons. The predicted molar refractivity (Wildman–Crippen MR) is 77.7 cm³/mol. The number of benzene rings is 2. The van der Waals surface area contributed by atoms with Gasteiger partial charge in [-0.25, -0.2) is 0 Å². The number of anilines is 1. The van der Waals surface area contributed by atoms with Gasteiger partial charge in [0, 0.05) is 23.0 Å². The number of nitrogens with one attached hydrogen (secondary N) is 2. The Hall–Kier alpha value is -2.76. The number of rotatable bonds is 2. The summed E-state index contributed by atoms with van der Waals surface area (Å²) in [4.78, 5) is 15.1. The van der Waals surface area contributed by atoms with Crippen LogP contribution in [0.2, 0.25) is 0 Å². The lowest BCUT2D eigenvalue weighted by Gasteiger charge is -2.08. The highest BCUT2D eigenvalue weighted by Crippen LogP contribution is 2.29. The molecule has 0 bridgehead atoms. The maximum absolute atomic E-state index is 12.5. The Balaban J connectivity index is 1.78. The van der Waals surface area contributed by atoms with Crippen molar-refractivity contribution in [1.29, 1.82) is 0 Å². The summed E-state index contributed by atoms with van der Waals surface area (Å²) in [6.45, 7) is 0. The van der Waals surface area contributed by atoms with E-state index in [1.54, 1.807) is 18.3 Å². The molecule has 22 heavy (non-hydrogen) atoms. The third-order valence-electron chi connectivity index (χ3n) is 3.29. The lowest BCUT2D eigenvalue weighted by atomic mass is 10.1. The maximum Gasteiger partial charge on any atom is 0.416 e. The summed E-state index contributed by atoms with van der Waals surface area (Å²) in [5, 5.41) is 3.67. The van der Waals surface area contributed by atoms with Gasteiger partial charge in [0.15, 0.2) is 0 Å². The molecule has 0 aliphatic heterocycles. The van der Waals surface area contributed by atoms with E-state index in [0.717, 1.165) is 35.2 Å². The lowest BCUT2D eigenvalue weighted by Crippen LogP contribution is -2.12. The fourth-order valence-electron chi connectivity index (χ4n) is 2.14. The SMILES string of the molecule is O=C(Nc1ccc2cc[nH]c2c1)c1ccc(C(F)(F)F)cc1. The van der Waals surface area contributed by atoms with Crippen molar-refractivity contribution in [3.63, 3.8) is 0 Å². The van der Waals surface area contributed by atoms with Crippen molar-refractivity contribution in [2.45, 2.75) is 6.18 Å². The smallest absolute Gasteiger partial charge is 0.361 e. The quantitative estimate of drug-likeness (QED) is 0.722. The minimum atomic E-state index is -4.41. The van der Waals surface area contributed by atoms with E-state index in [1.807, 2.05) is 12.1 Å². The molecule has 1 aromatic heterocycles. The minimum absolute atomic E-state index is 0.166. The summed E-state index contributed by atoms with van der Waals surface area (Å²) >= 11 is 0. The molecule has 0 saturated heterocycles. The Kier molecular flexibility index (Phi) is 3.36. The van der Waals surface area contributed by atoms with Gasteiger partial charge in [0.05, 0.1) is 5.56 Å². The van der Waals surface area contributed by atoms with Crippen molar-refractivity contribution in [1.82, 2.24) is 4.98 Å². The van der Waals surface area contributed by atoms with Gasteiger partial charge in [-0.1, -0.05) is 6.07 Å². The number of fused-ring (bicyclic) bond motifs is 1. The molecule has 0 aliphatic carbocycles. The predicted octanol–water partition coefficient (Wildman–Crippen LogP) is 4.44. The normalized spacial score (nSPS) is 11.6. The number of carbonyl (C=O) groups excluding carboxylic acids is 1. The molecule has 0 atom stereocenters. The number of aromatic amines is 1. The van der Waals surface area contributed by atoms with Crippen LogP contribution in [0.5, 0.6) is 0 Å².